The van der Waals surface area contributed by atoms with Gasteiger partial charge in [0.25, 0.3) is 0 Å². The summed E-state index contributed by atoms with van der Waals surface area (Å²) in [6.07, 6.45) is 1.91. The molecule has 0 saturated carbocycles. The van der Waals surface area contributed by atoms with Gasteiger partial charge in [-0.05, 0) is 37.0 Å². The van der Waals surface area contributed by atoms with Crippen molar-refractivity contribution in [3.8, 4) is 11.5 Å². The second-order valence-electron chi connectivity index (χ2n) is 7.94. The summed E-state index contributed by atoms with van der Waals surface area (Å²) in [6.45, 7) is 3.97. The second-order valence-corrected chi connectivity index (χ2v) is 9.88. The minimum absolute atomic E-state index is 0.110. The Bertz CT molecular complexity index is 1000. The third-order valence-electron chi connectivity index (χ3n) is 5.82. The molecule has 0 N–H and O–H groups in total. The predicted molar refractivity (Wildman–Crippen MR) is 123 cm³/mol. The molecule has 1 aliphatic heterocycles. The van der Waals surface area contributed by atoms with Crippen LogP contribution in [0.4, 0.5) is 0 Å². The molecule has 2 aromatic carbocycles. The van der Waals surface area contributed by atoms with Crippen molar-refractivity contribution in [2.24, 2.45) is 5.92 Å². The van der Waals surface area contributed by atoms with Crippen LogP contribution < -0.4 is 9.47 Å². The number of sulfonamides is 1. The monoisotopic (exact) mass is 460 g/mol. The van der Waals surface area contributed by atoms with Crippen molar-refractivity contribution < 1.29 is 22.7 Å². The molecule has 174 valence electrons. The summed E-state index contributed by atoms with van der Waals surface area (Å²) < 4.78 is 38.2. The smallest absolute Gasteiger partial charge is 0.243 e. The maximum Gasteiger partial charge on any atom is 0.243 e. The summed E-state index contributed by atoms with van der Waals surface area (Å²) in [5.41, 5.74) is 1.10. The molecule has 0 radical (unpaired) electrons. The number of benzene rings is 2. The number of carbonyl (C=O) groups excluding carboxylic acids is 1. The van der Waals surface area contributed by atoms with Gasteiger partial charge in [0, 0.05) is 38.2 Å². The van der Waals surface area contributed by atoms with Crippen LogP contribution >= 0.6 is 0 Å². The summed E-state index contributed by atoms with van der Waals surface area (Å²) in [5, 5.41) is 0. The van der Waals surface area contributed by atoms with Crippen LogP contribution in [0, 0.1) is 5.92 Å². The van der Waals surface area contributed by atoms with Crippen molar-refractivity contribution in [2.75, 3.05) is 33.9 Å². The number of rotatable bonds is 9. The van der Waals surface area contributed by atoms with Gasteiger partial charge in [0.2, 0.25) is 15.9 Å². The second kappa shape index (κ2) is 10.8. The lowest BCUT2D eigenvalue weighted by Gasteiger charge is -2.33. The van der Waals surface area contributed by atoms with Crippen molar-refractivity contribution in [3.63, 3.8) is 0 Å². The molecule has 1 amide bonds. The molecule has 0 aliphatic carbocycles. The van der Waals surface area contributed by atoms with Crippen LogP contribution in [0.25, 0.3) is 0 Å². The van der Waals surface area contributed by atoms with Gasteiger partial charge in [-0.2, -0.15) is 4.31 Å². The Morgan fingerprint density at radius 1 is 1.03 bits per heavy atom. The molecular formula is C24H32N2O5S. The summed E-state index contributed by atoms with van der Waals surface area (Å²) in [7, 11) is -0.692. The molecule has 3 rings (SSSR count). The van der Waals surface area contributed by atoms with E-state index in [4.69, 9.17) is 9.47 Å². The molecular weight excluding hydrogens is 428 g/mol. The van der Waals surface area contributed by atoms with Gasteiger partial charge in [0.15, 0.2) is 11.5 Å². The van der Waals surface area contributed by atoms with E-state index in [1.54, 1.807) is 6.07 Å². The standard InChI is InChI=1S/C24H32N2O5S/c1-4-14-25(18-19-8-6-5-7-9-19)24(27)20-12-15-26(16-13-20)32(28,29)21-10-11-22(30-2)23(17-21)31-3/h5-11,17,20H,4,12-16,18H2,1-3H3. The number of hydrogen-bond donors (Lipinski definition) is 0. The van der Waals surface area contributed by atoms with Gasteiger partial charge in [-0.3, -0.25) is 4.79 Å². The lowest BCUT2D eigenvalue weighted by molar-refractivity contribution is -0.137. The topological polar surface area (TPSA) is 76.2 Å². The Morgan fingerprint density at radius 3 is 2.28 bits per heavy atom. The van der Waals surface area contributed by atoms with Crippen LogP contribution in [0.15, 0.2) is 53.4 Å². The molecule has 0 bridgehead atoms. The molecule has 1 saturated heterocycles. The zero-order valence-corrected chi connectivity index (χ0v) is 19.8. The van der Waals surface area contributed by atoms with E-state index in [9.17, 15) is 13.2 Å². The number of methoxy groups -OCH3 is 2. The number of amides is 1. The molecule has 0 unspecified atom stereocenters. The number of piperidine rings is 1. The van der Waals surface area contributed by atoms with Crippen LogP contribution in [0.3, 0.4) is 0 Å². The zero-order chi connectivity index (χ0) is 23.1. The Morgan fingerprint density at radius 2 is 1.69 bits per heavy atom. The predicted octanol–water partition coefficient (Wildman–Crippen LogP) is 3.54. The number of ether oxygens (including phenoxy) is 2. The summed E-state index contributed by atoms with van der Waals surface area (Å²) in [4.78, 5) is 15.3. The Kier molecular flexibility index (Phi) is 8.15. The highest BCUT2D eigenvalue weighted by molar-refractivity contribution is 7.89. The van der Waals surface area contributed by atoms with E-state index >= 15 is 0 Å². The molecule has 8 heteroatoms. The van der Waals surface area contributed by atoms with Crippen LogP contribution in [0.1, 0.15) is 31.7 Å². The highest BCUT2D eigenvalue weighted by Crippen LogP contribution is 2.32. The SMILES string of the molecule is CCCN(Cc1ccccc1)C(=O)C1CCN(S(=O)(=O)c2ccc(OC)c(OC)c2)CC1. The molecule has 0 atom stereocenters. The lowest BCUT2D eigenvalue weighted by Crippen LogP contribution is -2.44. The molecule has 2 aromatic rings. The fourth-order valence-electron chi connectivity index (χ4n) is 4.07. The lowest BCUT2D eigenvalue weighted by atomic mass is 9.96. The van der Waals surface area contributed by atoms with Crippen LogP contribution in [-0.4, -0.2) is 57.4 Å². The van der Waals surface area contributed by atoms with E-state index in [-0.39, 0.29) is 16.7 Å². The average Bonchev–Trinajstić information content (AvgIpc) is 2.83. The van der Waals surface area contributed by atoms with E-state index in [2.05, 4.69) is 6.92 Å². The van der Waals surface area contributed by atoms with E-state index in [0.29, 0.717) is 50.5 Å². The number of carbonyl (C=O) groups is 1. The minimum atomic E-state index is -3.67. The highest BCUT2D eigenvalue weighted by atomic mass is 32.2. The molecule has 0 aromatic heterocycles. The Balaban J connectivity index is 1.67. The zero-order valence-electron chi connectivity index (χ0n) is 19.0. The van der Waals surface area contributed by atoms with Crippen LogP contribution in [-0.2, 0) is 21.4 Å². The summed E-state index contributed by atoms with van der Waals surface area (Å²) in [6, 6.07) is 14.6. The molecule has 7 nitrogen and oxygen atoms in total. The van der Waals surface area contributed by atoms with Gasteiger partial charge >= 0.3 is 0 Å². The normalized spacial score (nSPS) is 15.3. The highest BCUT2D eigenvalue weighted by Gasteiger charge is 2.34. The fourth-order valence-corrected chi connectivity index (χ4v) is 5.55. The third kappa shape index (κ3) is 5.42. The first-order valence-electron chi connectivity index (χ1n) is 11.0. The van der Waals surface area contributed by atoms with E-state index < -0.39 is 10.0 Å². The Hall–Kier alpha value is -2.58. The first-order chi connectivity index (χ1) is 15.4. The maximum atomic E-state index is 13.2. The molecule has 32 heavy (non-hydrogen) atoms. The van der Waals surface area contributed by atoms with Gasteiger partial charge in [0.05, 0.1) is 19.1 Å². The summed E-state index contributed by atoms with van der Waals surface area (Å²) >= 11 is 0. The van der Waals surface area contributed by atoms with Crippen molar-refractivity contribution in [2.45, 2.75) is 37.6 Å². The van der Waals surface area contributed by atoms with Crippen molar-refractivity contribution in [3.05, 3.63) is 54.1 Å². The molecule has 0 spiro atoms. The Labute approximate surface area is 191 Å². The van der Waals surface area contributed by atoms with E-state index in [0.717, 1.165) is 12.0 Å². The molecule has 1 heterocycles. The number of nitrogens with zero attached hydrogens (tertiary/aromatic N) is 2. The largest absolute Gasteiger partial charge is 0.493 e. The van der Waals surface area contributed by atoms with Gasteiger partial charge in [-0.15, -0.1) is 0 Å². The minimum Gasteiger partial charge on any atom is -0.493 e. The van der Waals surface area contributed by atoms with Gasteiger partial charge in [-0.25, -0.2) is 8.42 Å². The van der Waals surface area contributed by atoms with Gasteiger partial charge < -0.3 is 14.4 Å². The molecule has 1 aliphatic rings. The van der Waals surface area contributed by atoms with Crippen molar-refractivity contribution in [1.82, 2.24) is 9.21 Å². The maximum absolute atomic E-state index is 13.2. The van der Waals surface area contributed by atoms with Crippen LogP contribution in [0.5, 0.6) is 11.5 Å². The third-order valence-corrected chi connectivity index (χ3v) is 7.71. The molecule has 1 fully saturated rings. The number of hydrogen-bond acceptors (Lipinski definition) is 5. The van der Waals surface area contributed by atoms with Crippen LogP contribution in [0.2, 0.25) is 0 Å². The summed E-state index contributed by atoms with van der Waals surface area (Å²) in [5.74, 6) is 0.793. The first kappa shape index (κ1) is 24.1. The van der Waals surface area contributed by atoms with Crippen molar-refractivity contribution >= 4 is 15.9 Å². The van der Waals surface area contributed by atoms with Gasteiger partial charge in [0.1, 0.15) is 0 Å². The van der Waals surface area contributed by atoms with Gasteiger partial charge in [-0.1, -0.05) is 37.3 Å². The first-order valence-corrected chi connectivity index (χ1v) is 12.4. The quantitative estimate of drug-likeness (QED) is 0.572. The average molecular weight is 461 g/mol. The van der Waals surface area contributed by atoms with E-state index in [1.165, 1.54) is 30.7 Å². The van der Waals surface area contributed by atoms with Crippen molar-refractivity contribution in [1.29, 1.82) is 0 Å². The van der Waals surface area contributed by atoms with E-state index in [1.807, 2.05) is 35.2 Å². The fraction of sp³-hybridized carbons (Fsp3) is 0.458.